The first-order valence-electron chi connectivity index (χ1n) is 6.53. The molecule has 5 nitrogen and oxygen atoms in total. The Hall–Kier alpha value is -2.56. The van der Waals surface area contributed by atoms with E-state index in [9.17, 15) is 4.79 Å². The highest BCUT2D eigenvalue weighted by Gasteiger charge is 2.26. The summed E-state index contributed by atoms with van der Waals surface area (Å²) >= 11 is 0. The Morgan fingerprint density at radius 3 is 2.90 bits per heavy atom. The largest absolute Gasteiger partial charge is 0.493 e. The molecule has 0 spiro atoms. The molecule has 2 heterocycles. The molecule has 0 saturated carbocycles. The van der Waals surface area contributed by atoms with Crippen LogP contribution in [0.1, 0.15) is 29.0 Å². The molecular weight excluding hydrogens is 254 g/mol. The topological polar surface area (TPSA) is 63.2 Å². The number of anilines is 1. The number of hydrogen-bond acceptors (Lipinski definition) is 4. The van der Waals surface area contributed by atoms with Gasteiger partial charge in [0, 0.05) is 11.8 Å². The van der Waals surface area contributed by atoms with Crippen LogP contribution in [-0.2, 0) is 0 Å². The van der Waals surface area contributed by atoms with E-state index in [0.717, 1.165) is 11.3 Å². The molecule has 2 N–H and O–H groups in total. The Bertz CT molecular complexity index is 643. The highest BCUT2D eigenvalue weighted by molar-refractivity contribution is 6.00. The molecule has 0 bridgehead atoms. The zero-order valence-electron chi connectivity index (χ0n) is 11.1. The minimum absolute atomic E-state index is 0.136. The van der Waals surface area contributed by atoms with Crippen molar-refractivity contribution in [1.29, 1.82) is 0 Å². The minimum atomic E-state index is -0.340. The number of nitrogens with one attached hydrogen (secondary N) is 2. The van der Waals surface area contributed by atoms with Crippen molar-refractivity contribution >= 4 is 11.7 Å². The summed E-state index contributed by atoms with van der Waals surface area (Å²) in [6, 6.07) is 11.1. The third-order valence-electron chi connectivity index (χ3n) is 3.14. The van der Waals surface area contributed by atoms with E-state index in [1.165, 1.54) is 0 Å². The van der Waals surface area contributed by atoms with Gasteiger partial charge in [-0.25, -0.2) is 4.98 Å². The normalized spacial score (nSPS) is 16.9. The van der Waals surface area contributed by atoms with Crippen molar-refractivity contribution in [2.75, 3.05) is 11.9 Å². The van der Waals surface area contributed by atoms with Crippen molar-refractivity contribution in [2.45, 2.75) is 13.1 Å². The van der Waals surface area contributed by atoms with E-state index in [2.05, 4.69) is 15.6 Å². The lowest BCUT2D eigenvalue weighted by Crippen LogP contribution is -2.39. The zero-order valence-corrected chi connectivity index (χ0v) is 11.1. The number of pyridine rings is 1. The number of para-hydroxylation sites is 1. The fraction of sp³-hybridized carbons (Fsp3) is 0.200. The second kappa shape index (κ2) is 5.21. The van der Waals surface area contributed by atoms with E-state index in [1.54, 1.807) is 18.3 Å². The Labute approximate surface area is 117 Å². The summed E-state index contributed by atoms with van der Waals surface area (Å²) in [5.74, 6) is 1.21. The summed E-state index contributed by atoms with van der Waals surface area (Å²) in [4.78, 5) is 16.3. The van der Waals surface area contributed by atoms with Crippen LogP contribution in [0.5, 0.6) is 5.75 Å². The van der Waals surface area contributed by atoms with E-state index < -0.39 is 0 Å². The summed E-state index contributed by atoms with van der Waals surface area (Å²) in [5, 5.41) is 6.14. The van der Waals surface area contributed by atoms with Gasteiger partial charge in [-0.05, 0) is 25.1 Å². The van der Waals surface area contributed by atoms with Crippen molar-refractivity contribution in [3.8, 4) is 5.75 Å². The smallest absolute Gasteiger partial charge is 0.256 e. The Kier molecular flexibility index (Phi) is 3.25. The molecule has 3 rings (SSSR count). The minimum Gasteiger partial charge on any atom is -0.493 e. The molecule has 1 aliphatic rings. The number of ether oxygens (including phenoxy) is 1. The van der Waals surface area contributed by atoms with Crippen LogP contribution in [0.2, 0.25) is 0 Å². The fourth-order valence-corrected chi connectivity index (χ4v) is 2.25. The van der Waals surface area contributed by atoms with Gasteiger partial charge in [0.1, 0.15) is 17.7 Å². The van der Waals surface area contributed by atoms with Gasteiger partial charge in [-0.1, -0.05) is 18.2 Å². The maximum Gasteiger partial charge on any atom is 0.256 e. The van der Waals surface area contributed by atoms with Gasteiger partial charge in [-0.2, -0.15) is 0 Å². The molecule has 1 amide bonds. The molecule has 0 aliphatic carbocycles. The SMILES string of the molecule is CCOc1ccccc1C1NC(=O)c2cccnc2N1. The van der Waals surface area contributed by atoms with Gasteiger partial charge in [0.25, 0.3) is 5.91 Å². The van der Waals surface area contributed by atoms with Crippen molar-refractivity contribution in [2.24, 2.45) is 0 Å². The highest BCUT2D eigenvalue weighted by atomic mass is 16.5. The standard InChI is InChI=1S/C15H15N3O2/c1-2-20-12-8-4-3-6-10(12)14-17-13-11(15(19)18-14)7-5-9-16-13/h3-9,14H,2H2,1H3,(H,16,17)(H,18,19). The van der Waals surface area contributed by atoms with Crippen LogP contribution in [-0.4, -0.2) is 17.5 Å². The second-order valence-electron chi connectivity index (χ2n) is 4.42. The monoisotopic (exact) mass is 269 g/mol. The number of rotatable bonds is 3. The first-order chi connectivity index (χ1) is 9.79. The number of aromatic nitrogens is 1. The van der Waals surface area contributed by atoms with Crippen LogP contribution in [0.3, 0.4) is 0 Å². The number of fused-ring (bicyclic) bond motifs is 1. The number of benzene rings is 1. The Balaban J connectivity index is 1.96. The molecule has 0 fully saturated rings. The van der Waals surface area contributed by atoms with Gasteiger partial charge in [0.15, 0.2) is 0 Å². The lowest BCUT2D eigenvalue weighted by Gasteiger charge is -2.28. The lowest BCUT2D eigenvalue weighted by molar-refractivity contribution is 0.0934. The van der Waals surface area contributed by atoms with Crippen LogP contribution in [0.15, 0.2) is 42.6 Å². The van der Waals surface area contributed by atoms with Gasteiger partial charge >= 0.3 is 0 Å². The molecule has 20 heavy (non-hydrogen) atoms. The van der Waals surface area contributed by atoms with Gasteiger partial charge < -0.3 is 15.4 Å². The van der Waals surface area contributed by atoms with Crippen LogP contribution in [0, 0.1) is 0 Å². The number of amides is 1. The highest BCUT2D eigenvalue weighted by Crippen LogP contribution is 2.29. The van der Waals surface area contributed by atoms with Crippen molar-refractivity contribution < 1.29 is 9.53 Å². The molecule has 0 saturated heterocycles. The average molecular weight is 269 g/mol. The zero-order chi connectivity index (χ0) is 13.9. The van der Waals surface area contributed by atoms with E-state index in [-0.39, 0.29) is 12.1 Å². The van der Waals surface area contributed by atoms with E-state index in [0.29, 0.717) is 18.0 Å². The Morgan fingerprint density at radius 1 is 1.20 bits per heavy atom. The van der Waals surface area contributed by atoms with Crippen LogP contribution in [0.25, 0.3) is 0 Å². The molecule has 1 aromatic carbocycles. The second-order valence-corrected chi connectivity index (χ2v) is 4.42. The maximum atomic E-state index is 12.1. The predicted molar refractivity (Wildman–Crippen MR) is 75.7 cm³/mol. The van der Waals surface area contributed by atoms with Crippen molar-refractivity contribution in [3.63, 3.8) is 0 Å². The van der Waals surface area contributed by atoms with E-state index in [4.69, 9.17) is 4.74 Å². The first-order valence-corrected chi connectivity index (χ1v) is 6.53. The van der Waals surface area contributed by atoms with E-state index >= 15 is 0 Å². The Morgan fingerprint density at radius 2 is 2.05 bits per heavy atom. The first kappa shape index (κ1) is 12.5. The molecule has 0 radical (unpaired) electrons. The number of carbonyl (C=O) groups excluding carboxylic acids is 1. The molecular formula is C15H15N3O2. The van der Waals surface area contributed by atoms with Gasteiger partial charge in [-0.3, -0.25) is 4.79 Å². The van der Waals surface area contributed by atoms with Crippen molar-refractivity contribution in [3.05, 3.63) is 53.7 Å². The quantitative estimate of drug-likeness (QED) is 0.897. The lowest BCUT2D eigenvalue weighted by atomic mass is 10.1. The number of carbonyl (C=O) groups is 1. The van der Waals surface area contributed by atoms with Crippen molar-refractivity contribution in [1.82, 2.24) is 10.3 Å². The summed E-state index contributed by atoms with van der Waals surface area (Å²) in [7, 11) is 0. The molecule has 1 atom stereocenters. The van der Waals surface area contributed by atoms with Crippen LogP contribution in [0.4, 0.5) is 5.82 Å². The van der Waals surface area contributed by atoms with Gasteiger partial charge in [-0.15, -0.1) is 0 Å². The summed E-state index contributed by atoms with van der Waals surface area (Å²) in [6.07, 6.45) is 1.32. The third-order valence-corrected chi connectivity index (χ3v) is 3.14. The van der Waals surface area contributed by atoms with Gasteiger partial charge in [0.05, 0.1) is 12.2 Å². The fourth-order valence-electron chi connectivity index (χ4n) is 2.25. The summed E-state index contributed by atoms with van der Waals surface area (Å²) < 4.78 is 5.60. The van der Waals surface area contributed by atoms with Crippen LogP contribution >= 0.6 is 0 Å². The average Bonchev–Trinajstić information content (AvgIpc) is 2.48. The molecule has 102 valence electrons. The van der Waals surface area contributed by atoms with Gasteiger partial charge in [0.2, 0.25) is 0 Å². The predicted octanol–water partition coefficient (Wildman–Crippen LogP) is 2.33. The number of nitrogens with zero attached hydrogens (tertiary/aromatic N) is 1. The summed E-state index contributed by atoms with van der Waals surface area (Å²) in [5.41, 5.74) is 1.44. The molecule has 1 aromatic heterocycles. The third kappa shape index (κ3) is 2.18. The summed E-state index contributed by atoms with van der Waals surface area (Å²) in [6.45, 7) is 2.51. The molecule has 5 heteroatoms. The molecule has 2 aromatic rings. The molecule has 1 aliphatic heterocycles. The van der Waals surface area contributed by atoms with Crippen LogP contribution < -0.4 is 15.4 Å². The number of hydrogen-bond donors (Lipinski definition) is 2. The molecule has 1 unspecified atom stereocenters. The maximum absolute atomic E-state index is 12.1. The van der Waals surface area contributed by atoms with E-state index in [1.807, 2.05) is 31.2 Å².